The Morgan fingerprint density at radius 2 is 2.11 bits per heavy atom. The summed E-state index contributed by atoms with van der Waals surface area (Å²) < 4.78 is 6.20. The van der Waals surface area contributed by atoms with Crippen LogP contribution in [-0.2, 0) is 15.0 Å². The van der Waals surface area contributed by atoms with E-state index < -0.39 is 11.5 Å². The number of carbonyl (C=O) groups excluding carboxylic acids is 2. The molecule has 5 heterocycles. The van der Waals surface area contributed by atoms with Crippen molar-refractivity contribution in [3.8, 4) is 11.8 Å². The van der Waals surface area contributed by atoms with Crippen LogP contribution in [0.2, 0.25) is 5.15 Å². The summed E-state index contributed by atoms with van der Waals surface area (Å²) in [5.74, 6) is 0.312. The third-order valence-corrected chi connectivity index (χ3v) is 7.82. The Hall–Kier alpha value is -3.71. The second kappa shape index (κ2) is 8.75. The summed E-state index contributed by atoms with van der Waals surface area (Å²) in [5, 5.41) is 17.4. The highest BCUT2D eigenvalue weighted by molar-refractivity contribution is 6.29. The number of anilines is 1. The number of carbonyl (C=O) groups is 2. The Bertz CT molecular complexity index is 1390. The first-order chi connectivity index (χ1) is 17.5. The second-order valence-corrected chi connectivity index (χ2v) is 10.0. The molecule has 36 heavy (non-hydrogen) atoms. The molecule has 2 aliphatic heterocycles. The summed E-state index contributed by atoms with van der Waals surface area (Å²) in [7, 11) is 0. The smallest absolute Gasteiger partial charge is 0.243 e. The van der Waals surface area contributed by atoms with Crippen molar-refractivity contribution >= 4 is 40.1 Å². The van der Waals surface area contributed by atoms with E-state index in [9.17, 15) is 14.9 Å². The molecule has 1 spiro atoms. The van der Waals surface area contributed by atoms with Crippen LogP contribution in [0.1, 0.15) is 44.2 Å². The van der Waals surface area contributed by atoms with Gasteiger partial charge in [0, 0.05) is 11.9 Å². The molecule has 1 saturated heterocycles. The van der Waals surface area contributed by atoms with Gasteiger partial charge in [-0.05, 0) is 56.7 Å². The number of aromatic nitrogens is 4. The summed E-state index contributed by atoms with van der Waals surface area (Å²) in [5.41, 5.74) is 1.11. The fourth-order valence-electron chi connectivity index (χ4n) is 5.78. The van der Waals surface area contributed by atoms with E-state index in [1.54, 1.807) is 29.4 Å². The van der Waals surface area contributed by atoms with Crippen molar-refractivity contribution in [1.82, 2.24) is 25.1 Å². The lowest BCUT2D eigenvalue weighted by Gasteiger charge is -2.35. The van der Waals surface area contributed by atoms with Crippen LogP contribution in [0.5, 0.6) is 5.75 Å². The van der Waals surface area contributed by atoms with Crippen LogP contribution in [0.25, 0.3) is 11.0 Å². The maximum Gasteiger partial charge on any atom is 0.243 e. The predicted octanol–water partition coefficient (Wildman–Crippen LogP) is 3.13. The van der Waals surface area contributed by atoms with E-state index in [4.69, 9.17) is 16.3 Å². The minimum atomic E-state index is -0.841. The van der Waals surface area contributed by atoms with Crippen LogP contribution < -0.4 is 9.64 Å². The van der Waals surface area contributed by atoms with Gasteiger partial charge in [0.15, 0.2) is 5.65 Å². The summed E-state index contributed by atoms with van der Waals surface area (Å²) >= 11 is 6.25. The molecule has 1 N–H and O–H groups in total. The third kappa shape index (κ3) is 3.66. The maximum atomic E-state index is 13.9. The molecule has 3 aromatic rings. The number of pyridine rings is 2. The van der Waals surface area contributed by atoms with E-state index in [0.717, 1.165) is 11.8 Å². The number of amides is 2. The zero-order valence-corrected chi connectivity index (χ0v) is 20.2. The molecule has 2 amide bonds. The van der Waals surface area contributed by atoms with Crippen molar-refractivity contribution in [2.75, 3.05) is 18.0 Å². The van der Waals surface area contributed by atoms with Gasteiger partial charge in [0.2, 0.25) is 11.8 Å². The number of halogens is 1. The average Bonchev–Trinajstić information content (AvgIpc) is 3.60. The number of nitriles is 1. The van der Waals surface area contributed by atoms with Gasteiger partial charge in [0.1, 0.15) is 23.5 Å². The summed E-state index contributed by atoms with van der Waals surface area (Å²) in [6, 6.07) is 7.07. The number of likely N-dealkylation sites (tertiary alicyclic amines) is 1. The molecule has 3 aliphatic rings. The normalized spacial score (nSPS) is 25.4. The van der Waals surface area contributed by atoms with Crippen molar-refractivity contribution in [3.05, 3.63) is 41.4 Å². The van der Waals surface area contributed by atoms with Gasteiger partial charge < -0.3 is 14.5 Å². The molecule has 1 atom stereocenters. The van der Waals surface area contributed by atoms with Crippen molar-refractivity contribution in [1.29, 1.82) is 5.26 Å². The average molecular weight is 506 g/mol. The monoisotopic (exact) mass is 505 g/mol. The SMILES string of the molecule is N#C[C@@H]1CCCN1C(=O)CN1C(=O)C2(CCC(Oc3cnc4[nH]ncc4c3)CC2)c2nc(Cl)ccc21. The van der Waals surface area contributed by atoms with Crippen molar-refractivity contribution < 1.29 is 14.3 Å². The van der Waals surface area contributed by atoms with E-state index in [1.807, 2.05) is 6.07 Å². The third-order valence-electron chi connectivity index (χ3n) is 7.61. The molecule has 0 bridgehead atoms. The number of fused-ring (bicyclic) bond motifs is 3. The van der Waals surface area contributed by atoms with Crippen LogP contribution in [0.4, 0.5) is 5.69 Å². The molecule has 6 rings (SSSR count). The molecule has 10 nitrogen and oxygen atoms in total. The van der Waals surface area contributed by atoms with Gasteiger partial charge in [0.25, 0.3) is 0 Å². The first kappa shape index (κ1) is 22.7. The molecular weight excluding hydrogens is 482 g/mol. The molecule has 0 unspecified atom stereocenters. The Kier molecular flexibility index (Phi) is 5.52. The molecule has 1 aliphatic carbocycles. The van der Waals surface area contributed by atoms with Gasteiger partial charge in [-0.25, -0.2) is 9.97 Å². The van der Waals surface area contributed by atoms with Crippen LogP contribution >= 0.6 is 11.6 Å². The number of nitrogens with zero attached hydrogens (tertiary/aromatic N) is 6. The van der Waals surface area contributed by atoms with Crippen molar-refractivity contribution in [2.45, 2.75) is 56.1 Å². The first-order valence-corrected chi connectivity index (χ1v) is 12.5. The van der Waals surface area contributed by atoms with Crippen LogP contribution in [0.3, 0.4) is 0 Å². The van der Waals surface area contributed by atoms with Gasteiger partial charge >= 0.3 is 0 Å². The lowest BCUT2D eigenvalue weighted by Crippen LogP contribution is -2.48. The predicted molar refractivity (Wildman–Crippen MR) is 130 cm³/mol. The largest absolute Gasteiger partial charge is 0.489 e. The van der Waals surface area contributed by atoms with Crippen LogP contribution in [0, 0.1) is 11.3 Å². The van der Waals surface area contributed by atoms with Crippen molar-refractivity contribution in [2.24, 2.45) is 0 Å². The number of nitrogens with one attached hydrogen (secondary N) is 1. The molecule has 2 fully saturated rings. The van der Waals surface area contributed by atoms with Crippen LogP contribution in [0.15, 0.2) is 30.6 Å². The molecule has 0 aromatic carbocycles. The highest BCUT2D eigenvalue weighted by Crippen LogP contribution is 2.50. The fourth-order valence-corrected chi connectivity index (χ4v) is 5.92. The van der Waals surface area contributed by atoms with E-state index in [0.29, 0.717) is 66.6 Å². The molecule has 1 saturated carbocycles. The zero-order chi connectivity index (χ0) is 24.9. The van der Waals surface area contributed by atoms with Gasteiger partial charge in [0.05, 0.1) is 41.4 Å². The van der Waals surface area contributed by atoms with E-state index in [2.05, 4.69) is 26.2 Å². The summed E-state index contributed by atoms with van der Waals surface area (Å²) in [6.45, 7) is 0.430. The van der Waals surface area contributed by atoms with E-state index in [1.165, 1.54) is 4.90 Å². The molecular formula is C25H24ClN7O3. The summed E-state index contributed by atoms with van der Waals surface area (Å²) in [6.07, 6.45) is 7.11. The number of hydrogen-bond donors (Lipinski definition) is 1. The molecule has 184 valence electrons. The van der Waals surface area contributed by atoms with E-state index in [-0.39, 0.29) is 24.5 Å². The second-order valence-electron chi connectivity index (χ2n) is 9.65. The lowest BCUT2D eigenvalue weighted by molar-refractivity contribution is -0.132. The summed E-state index contributed by atoms with van der Waals surface area (Å²) in [4.78, 5) is 39.0. The van der Waals surface area contributed by atoms with Gasteiger partial charge in [-0.15, -0.1) is 0 Å². The number of aromatic amines is 1. The number of H-pyrrole nitrogens is 1. The maximum absolute atomic E-state index is 13.9. The highest BCUT2D eigenvalue weighted by atomic mass is 35.5. The van der Waals surface area contributed by atoms with Crippen LogP contribution in [-0.4, -0.2) is 62.1 Å². The number of ether oxygens (including phenoxy) is 1. The Labute approximate surface area is 212 Å². The topological polar surface area (TPSA) is 128 Å². The van der Waals surface area contributed by atoms with Gasteiger partial charge in [-0.1, -0.05) is 11.6 Å². The fraction of sp³-hybridized carbons (Fsp3) is 0.440. The number of rotatable bonds is 4. The Morgan fingerprint density at radius 1 is 1.28 bits per heavy atom. The molecule has 0 radical (unpaired) electrons. The minimum absolute atomic E-state index is 0.0751. The molecule has 3 aromatic heterocycles. The van der Waals surface area contributed by atoms with Gasteiger partial charge in [-0.3, -0.25) is 14.7 Å². The van der Waals surface area contributed by atoms with Gasteiger partial charge in [-0.2, -0.15) is 10.4 Å². The standard InChI is InChI=1S/C25H24ClN7O3/c26-20-4-3-19-22(30-20)25(24(35)33(19)14-21(34)32-9-1-2-16(32)11-27)7-5-17(6-8-25)36-18-10-15-12-29-31-23(15)28-13-18/h3-4,10,12-13,16-17H,1-2,5-9,14H2,(H,28,29,31)/t16-,17?,25?/m0/s1. The zero-order valence-electron chi connectivity index (χ0n) is 19.5. The first-order valence-electron chi connectivity index (χ1n) is 12.1. The number of hydrogen-bond acceptors (Lipinski definition) is 7. The van der Waals surface area contributed by atoms with Crippen molar-refractivity contribution in [3.63, 3.8) is 0 Å². The minimum Gasteiger partial charge on any atom is -0.489 e. The quantitative estimate of drug-likeness (QED) is 0.539. The van der Waals surface area contributed by atoms with E-state index >= 15 is 0 Å². The Balaban J connectivity index is 1.21. The Morgan fingerprint density at radius 3 is 2.92 bits per heavy atom. The molecule has 11 heteroatoms. The highest BCUT2D eigenvalue weighted by Gasteiger charge is 2.54. The lowest BCUT2D eigenvalue weighted by atomic mass is 9.71.